The summed E-state index contributed by atoms with van der Waals surface area (Å²) in [5, 5.41) is 13.7. The van der Waals surface area contributed by atoms with Crippen LogP contribution in [0, 0.1) is 10.1 Å². The SMILES string of the molecule is Nc1ccc(-c2cc([N+](=O)[O-])cc3c2CNC3=O)cc1. The highest BCUT2D eigenvalue weighted by Gasteiger charge is 2.26. The Morgan fingerprint density at radius 1 is 1.15 bits per heavy atom. The van der Waals surface area contributed by atoms with Gasteiger partial charge in [0.1, 0.15) is 0 Å². The molecule has 1 heterocycles. The molecule has 0 spiro atoms. The Morgan fingerprint density at radius 2 is 1.80 bits per heavy atom. The summed E-state index contributed by atoms with van der Waals surface area (Å²) >= 11 is 0. The molecular weight excluding hydrogens is 258 g/mol. The molecule has 0 atom stereocenters. The quantitative estimate of drug-likeness (QED) is 0.495. The molecule has 0 radical (unpaired) electrons. The second-order valence-corrected chi connectivity index (χ2v) is 4.58. The molecule has 3 N–H and O–H groups in total. The molecule has 3 rings (SSSR count). The summed E-state index contributed by atoms with van der Waals surface area (Å²) in [6.07, 6.45) is 0. The van der Waals surface area contributed by atoms with Crippen molar-refractivity contribution >= 4 is 17.3 Å². The number of amides is 1. The highest BCUT2D eigenvalue weighted by molar-refractivity contribution is 6.01. The first-order valence-electron chi connectivity index (χ1n) is 6.01. The first-order valence-corrected chi connectivity index (χ1v) is 6.01. The molecule has 0 fully saturated rings. The van der Waals surface area contributed by atoms with E-state index in [2.05, 4.69) is 5.32 Å². The highest BCUT2D eigenvalue weighted by atomic mass is 16.6. The van der Waals surface area contributed by atoms with Crippen LogP contribution in [0.15, 0.2) is 36.4 Å². The number of fused-ring (bicyclic) bond motifs is 1. The second kappa shape index (κ2) is 4.34. The number of carbonyl (C=O) groups is 1. The van der Waals surface area contributed by atoms with Gasteiger partial charge in [-0.05, 0) is 28.8 Å². The van der Waals surface area contributed by atoms with E-state index in [0.717, 1.165) is 11.1 Å². The number of nitrogens with zero attached hydrogens (tertiary/aromatic N) is 1. The van der Waals surface area contributed by atoms with Crippen molar-refractivity contribution in [2.45, 2.75) is 6.54 Å². The van der Waals surface area contributed by atoms with E-state index in [4.69, 9.17) is 5.73 Å². The first kappa shape index (κ1) is 12.2. The number of nitro benzene ring substituents is 1. The fourth-order valence-electron chi connectivity index (χ4n) is 2.34. The Balaban J connectivity index is 2.24. The largest absolute Gasteiger partial charge is 0.399 e. The van der Waals surface area contributed by atoms with E-state index in [1.54, 1.807) is 24.3 Å². The van der Waals surface area contributed by atoms with E-state index in [9.17, 15) is 14.9 Å². The van der Waals surface area contributed by atoms with Crippen LogP contribution in [0.1, 0.15) is 15.9 Å². The summed E-state index contributed by atoms with van der Waals surface area (Å²) in [7, 11) is 0. The zero-order chi connectivity index (χ0) is 14.3. The van der Waals surface area contributed by atoms with Crippen LogP contribution in [0.4, 0.5) is 11.4 Å². The first-order chi connectivity index (χ1) is 9.56. The zero-order valence-electron chi connectivity index (χ0n) is 10.4. The molecular formula is C14H11N3O3. The topological polar surface area (TPSA) is 98.3 Å². The number of nitro groups is 1. The maximum atomic E-state index is 11.7. The number of rotatable bonds is 2. The smallest absolute Gasteiger partial charge is 0.270 e. The standard InChI is InChI=1S/C14H11N3O3/c15-9-3-1-8(2-4-9)11-5-10(17(19)20)6-12-13(11)7-16-14(12)18/h1-6H,7,15H2,(H,16,18). The van der Waals surface area contributed by atoms with Gasteiger partial charge >= 0.3 is 0 Å². The third kappa shape index (κ3) is 1.87. The summed E-state index contributed by atoms with van der Waals surface area (Å²) in [6.45, 7) is 0.381. The van der Waals surface area contributed by atoms with Gasteiger partial charge in [-0.3, -0.25) is 14.9 Å². The summed E-state index contributed by atoms with van der Waals surface area (Å²) in [5.41, 5.74) is 8.81. The van der Waals surface area contributed by atoms with E-state index >= 15 is 0 Å². The number of non-ortho nitro benzene ring substituents is 1. The number of nitrogens with two attached hydrogens (primary N) is 1. The Kier molecular flexibility index (Phi) is 2.64. The van der Waals surface area contributed by atoms with Crippen LogP contribution >= 0.6 is 0 Å². The molecule has 1 aliphatic rings. The summed E-state index contributed by atoms with van der Waals surface area (Å²) in [6, 6.07) is 9.84. The third-order valence-corrected chi connectivity index (χ3v) is 3.34. The van der Waals surface area contributed by atoms with Gasteiger partial charge in [0.2, 0.25) is 0 Å². The molecule has 6 heteroatoms. The fourth-order valence-corrected chi connectivity index (χ4v) is 2.34. The van der Waals surface area contributed by atoms with Crippen LogP contribution in [-0.2, 0) is 6.54 Å². The lowest BCUT2D eigenvalue weighted by Gasteiger charge is -2.08. The van der Waals surface area contributed by atoms with Crippen molar-refractivity contribution in [3.63, 3.8) is 0 Å². The zero-order valence-corrected chi connectivity index (χ0v) is 10.4. The monoisotopic (exact) mass is 269 g/mol. The van der Waals surface area contributed by atoms with E-state index in [1.165, 1.54) is 12.1 Å². The van der Waals surface area contributed by atoms with Gasteiger partial charge in [-0.1, -0.05) is 12.1 Å². The normalized spacial score (nSPS) is 12.9. The lowest BCUT2D eigenvalue weighted by molar-refractivity contribution is -0.384. The van der Waals surface area contributed by atoms with Gasteiger partial charge in [-0.25, -0.2) is 0 Å². The number of nitrogens with one attached hydrogen (secondary N) is 1. The van der Waals surface area contributed by atoms with Crippen LogP contribution in [-0.4, -0.2) is 10.8 Å². The Labute approximate surface area is 114 Å². The van der Waals surface area contributed by atoms with Gasteiger partial charge in [-0.2, -0.15) is 0 Å². The number of anilines is 1. The van der Waals surface area contributed by atoms with Gasteiger partial charge in [-0.15, -0.1) is 0 Å². The third-order valence-electron chi connectivity index (χ3n) is 3.34. The number of benzene rings is 2. The maximum Gasteiger partial charge on any atom is 0.270 e. The lowest BCUT2D eigenvalue weighted by Crippen LogP contribution is -2.12. The second-order valence-electron chi connectivity index (χ2n) is 4.58. The Hall–Kier alpha value is -2.89. The van der Waals surface area contributed by atoms with E-state index in [-0.39, 0.29) is 11.6 Å². The minimum atomic E-state index is -0.493. The predicted octanol–water partition coefficient (Wildman–Crippen LogP) is 2.09. The molecule has 20 heavy (non-hydrogen) atoms. The maximum absolute atomic E-state index is 11.7. The minimum Gasteiger partial charge on any atom is -0.399 e. The van der Waals surface area contributed by atoms with Crippen LogP contribution in [0.5, 0.6) is 0 Å². The highest BCUT2D eigenvalue weighted by Crippen LogP contribution is 2.33. The minimum absolute atomic E-state index is 0.0902. The van der Waals surface area contributed by atoms with Crippen molar-refractivity contribution < 1.29 is 9.72 Å². The molecule has 2 aromatic rings. The lowest BCUT2D eigenvalue weighted by atomic mass is 9.96. The summed E-state index contributed by atoms with van der Waals surface area (Å²) in [5.74, 6) is -0.277. The van der Waals surface area contributed by atoms with Crippen molar-refractivity contribution in [1.29, 1.82) is 0 Å². The number of nitrogen functional groups attached to an aromatic ring is 1. The number of hydrogen-bond acceptors (Lipinski definition) is 4. The number of hydrogen-bond donors (Lipinski definition) is 2. The van der Waals surface area contributed by atoms with Gasteiger partial charge < -0.3 is 11.1 Å². The van der Waals surface area contributed by atoms with Crippen molar-refractivity contribution in [2.75, 3.05) is 5.73 Å². The van der Waals surface area contributed by atoms with Gasteiger partial charge in [0.15, 0.2) is 0 Å². The van der Waals surface area contributed by atoms with Gasteiger partial charge in [0.25, 0.3) is 11.6 Å². The summed E-state index contributed by atoms with van der Waals surface area (Å²) in [4.78, 5) is 22.2. The van der Waals surface area contributed by atoms with E-state index < -0.39 is 4.92 Å². The molecule has 0 aliphatic carbocycles. The molecule has 1 aliphatic heterocycles. The van der Waals surface area contributed by atoms with Crippen molar-refractivity contribution in [2.24, 2.45) is 0 Å². The molecule has 6 nitrogen and oxygen atoms in total. The Bertz CT molecular complexity index is 723. The molecule has 1 amide bonds. The molecule has 0 unspecified atom stereocenters. The summed E-state index contributed by atoms with van der Waals surface area (Å²) < 4.78 is 0. The van der Waals surface area contributed by atoms with Crippen molar-refractivity contribution in [3.8, 4) is 11.1 Å². The predicted molar refractivity (Wildman–Crippen MR) is 74.1 cm³/mol. The molecule has 100 valence electrons. The van der Waals surface area contributed by atoms with Crippen LogP contribution in [0.3, 0.4) is 0 Å². The molecule has 2 aromatic carbocycles. The van der Waals surface area contributed by atoms with Crippen molar-refractivity contribution in [3.05, 3.63) is 57.6 Å². The van der Waals surface area contributed by atoms with Crippen LogP contribution < -0.4 is 11.1 Å². The van der Waals surface area contributed by atoms with Gasteiger partial charge in [0.05, 0.1) is 10.5 Å². The van der Waals surface area contributed by atoms with Crippen LogP contribution in [0.2, 0.25) is 0 Å². The molecule has 0 saturated heterocycles. The molecule has 0 aromatic heterocycles. The van der Waals surface area contributed by atoms with E-state index in [1.807, 2.05) is 0 Å². The average Bonchev–Trinajstić information content (AvgIpc) is 2.80. The fraction of sp³-hybridized carbons (Fsp3) is 0.0714. The average molecular weight is 269 g/mol. The van der Waals surface area contributed by atoms with Crippen molar-refractivity contribution in [1.82, 2.24) is 5.32 Å². The van der Waals surface area contributed by atoms with E-state index in [0.29, 0.717) is 23.4 Å². The molecule has 0 bridgehead atoms. The molecule has 0 saturated carbocycles. The number of carbonyl (C=O) groups excluding carboxylic acids is 1. The Morgan fingerprint density at radius 3 is 2.45 bits per heavy atom. The van der Waals surface area contributed by atoms with Gasteiger partial charge in [0, 0.05) is 24.4 Å². The van der Waals surface area contributed by atoms with Crippen LogP contribution in [0.25, 0.3) is 11.1 Å².